The van der Waals surface area contributed by atoms with E-state index in [1.807, 2.05) is 6.07 Å². The van der Waals surface area contributed by atoms with Gasteiger partial charge < -0.3 is 19.9 Å². The highest BCUT2D eigenvalue weighted by atomic mass is 16.5. The summed E-state index contributed by atoms with van der Waals surface area (Å²) in [6.45, 7) is 4.60. The van der Waals surface area contributed by atoms with Crippen molar-refractivity contribution in [2.75, 3.05) is 50.6 Å². The maximum atomic E-state index is 9.32. The van der Waals surface area contributed by atoms with Crippen molar-refractivity contribution in [2.45, 2.75) is 25.7 Å². The van der Waals surface area contributed by atoms with Crippen LogP contribution >= 0.6 is 0 Å². The van der Waals surface area contributed by atoms with Gasteiger partial charge in [-0.15, -0.1) is 10.2 Å². The molecule has 0 bridgehead atoms. The molecule has 2 aliphatic rings. The van der Waals surface area contributed by atoms with Gasteiger partial charge in [-0.05, 0) is 68.6 Å². The van der Waals surface area contributed by atoms with Crippen LogP contribution in [0.5, 0.6) is 5.75 Å². The van der Waals surface area contributed by atoms with E-state index in [-0.39, 0.29) is 11.4 Å². The fraction of sp³-hybridized carbons (Fsp3) is 0.524. The van der Waals surface area contributed by atoms with E-state index in [0.717, 1.165) is 24.5 Å². The van der Waals surface area contributed by atoms with Gasteiger partial charge in [0.1, 0.15) is 17.4 Å². The number of methoxy groups -OCH3 is 1. The second-order valence-electron chi connectivity index (χ2n) is 8.22. The Bertz CT molecular complexity index is 915. The van der Waals surface area contributed by atoms with E-state index in [9.17, 15) is 5.26 Å². The zero-order valence-corrected chi connectivity index (χ0v) is 17.6. The summed E-state index contributed by atoms with van der Waals surface area (Å²) in [5.74, 6) is 0.977. The molecule has 1 aromatic carbocycles. The molecule has 2 saturated heterocycles. The number of hydrogen-bond acceptors (Lipinski definition) is 8. The van der Waals surface area contributed by atoms with Gasteiger partial charge in [-0.2, -0.15) is 10.5 Å². The molecule has 2 N–H and O–H groups in total. The predicted octanol–water partition coefficient (Wildman–Crippen LogP) is 2.50. The topological polar surface area (TPSA) is 106 Å². The molecule has 1 aromatic heterocycles. The molecule has 158 valence electrons. The Kier molecular flexibility index (Phi) is 5.86. The van der Waals surface area contributed by atoms with Gasteiger partial charge in [0.15, 0.2) is 0 Å². The van der Waals surface area contributed by atoms with Crippen LogP contribution < -0.4 is 15.0 Å². The van der Waals surface area contributed by atoms with Crippen LogP contribution in [0, 0.1) is 16.7 Å². The van der Waals surface area contributed by atoms with E-state index in [1.165, 1.54) is 44.5 Å². The normalized spacial score (nSPS) is 19.5. The van der Waals surface area contributed by atoms with Crippen molar-refractivity contribution in [3.05, 3.63) is 30.2 Å². The maximum Gasteiger partial charge on any atom is 0.216 e. The number of aromatic nitrogens is 4. The fourth-order valence-electron chi connectivity index (χ4n) is 4.40. The number of tetrazole rings is 1. The first-order valence-corrected chi connectivity index (χ1v) is 10.3. The molecule has 2 fully saturated rings. The van der Waals surface area contributed by atoms with E-state index < -0.39 is 0 Å². The largest absolute Gasteiger partial charge is 0.494 e. The molecule has 0 saturated carbocycles. The number of aromatic amines is 1. The van der Waals surface area contributed by atoms with Gasteiger partial charge in [-0.1, -0.05) is 0 Å². The molecule has 30 heavy (non-hydrogen) atoms. The molecule has 0 amide bonds. The summed E-state index contributed by atoms with van der Waals surface area (Å²) in [5, 5.41) is 26.0. The number of H-pyrrole nitrogens is 1. The highest BCUT2D eigenvalue weighted by Gasteiger charge is 2.36. The van der Waals surface area contributed by atoms with Crippen LogP contribution in [0.25, 0.3) is 5.57 Å². The number of nitrogens with one attached hydrogen (secondary N) is 2. The van der Waals surface area contributed by atoms with Crippen molar-refractivity contribution in [1.29, 1.82) is 5.26 Å². The molecule has 9 nitrogen and oxygen atoms in total. The Labute approximate surface area is 176 Å². The first-order chi connectivity index (χ1) is 14.6. The van der Waals surface area contributed by atoms with Gasteiger partial charge in [0, 0.05) is 31.0 Å². The standard InChI is InChI=1S/C21H28N8O/c1-28-9-5-21(6-10-28)7-11-29(12-8-21)17-3-4-18(19(13-17)30-2)23-15-16(14-22)20-24-26-27-25-20/h3-4,13,15,23H,5-12H2,1-2H3,(H,24,25,26,27). The Morgan fingerprint density at radius 2 is 1.97 bits per heavy atom. The fourth-order valence-corrected chi connectivity index (χ4v) is 4.40. The van der Waals surface area contributed by atoms with E-state index in [0.29, 0.717) is 5.41 Å². The first-order valence-electron chi connectivity index (χ1n) is 10.3. The van der Waals surface area contributed by atoms with Crippen LogP contribution in [0.4, 0.5) is 11.4 Å². The highest BCUT2D eigenvalue weighted by Crippen LogP contribution is 2.42. The van der Waals surface area contributed by atoms with Gasteiger partial charge in [0.25, 0.3) is 0 Å². The SMILES string of the molecule is COc1cc(N2CCC3(CCN(C)CC3)CC2)ccc1NC=C(C#N)c1nn[nH]n1. The van der Waals surface area contributed by atoms with Crippen molar-refractivity contribution in [2.24, 2.45) is 5.41 Å². The predicted molar refractivity (Wildman–Crippen MR) is 115 cm³/mol. The summed E-state index contributed by atoms with van der Waals surface area (Å²) in [6, 6.07) is 8.21. The molecule has 2 aromatic rings. The second-order valence-corrected chi connectivity index (χ2v) is 8.22. The van der Waals surface area contributed by atoms with Crippen molar-refractivity contribution in [3.8, 4) is 11.8 Å². The van der Waals surface area contributed by atoms with Gasteiger partial charge in [0.05, 0.1) is 12.8 Å². The summed E-state index contributed by atoms with van der Waals surface area (Å²) in [5.41, 5.74) is 2.76. The van der Waals surface area contributed by atoms with Gasteiger partial charge in [-0.25, -0.2) is 0 Å². The maximum absolute atomic E-state index is 9.32. The average molecular weight is 409 g/mol. The molecule has 1 spiro atoms. The minimum atomic E-state index is 0.247. The summed E-state index contributed by atoms with van der Waals surface area (Å²) in [4.78, 5) is 4.89. The van der Waals surface area contributed by atoms with Crippen LogP contribution in [0.2, 0.25) is 0 Å². The lowest BCUT2D eigenvalue weighted by atomic mass is 9.71. The summed E-state index contributed by atoms with van der Waals surface area (Å²) >= 11 is 0. The van der Waals surface area contributed by atoms with Crippen LogP contribution in [0.3, 0.4) is 0 Å². The van der Waals surface area contributed by atoms with Gasteiger partial charge in [0.2, 0.25) is 5.82 Å². The molecule has 0 aliphatic carbocycles. The molecular weight excluding hydrogens is 380 g/mol. The van der Waals surface area contributed by atoms with E-state index >= 15 is 0 Å². The lowest BCUT2D eigenvalue weighted by Crippen LogP contribution is -2.46. The summed E-state index contributed by atoms with van der Waals surface area (Å²) in [7, 11) is 3.88. The molecule has 4 rings (SSSR count). The van der Waals surface area contributed by atoms with Crippen molar-refractivity contribution in [1.82, 2.24) is 25.5 Å². The summed E-state index contributed by atoms with van der Waals surface area (Å²) < 4.78 is 5.60. The number of nitriles is 1. The Balaban J connectivity index is 1.43. The number of hydrogen-bond donors (Lipinski definition) is 2. The zero-order valence-electron chi connectivity index (χ0n) is 17.6. The van der Waals surface area contributed by atoms with Crippen LogP contribution in [-0.2, 0) is 0 Å². The molecule has 3 heterocycles. The third-order valence-corrected chi connectivity index (χ3v) is 6.50. The minimum Gasteiger partial charge on any atom is -0.494 e. The number of ether oxygens (including phenoxy) is 1. The average Bonchev–Trinajstić information content (AvgIpc) is 3.32. The Morgan fingerprint density at radius 1 is 1.23 bits per heavy atom. The van der Waals surface area contributed by atoms with Crippen LogP contribution in [0.1, 0.15) is 31.5 Å². The monoisotopic (exact) mass is 408 g/mol. The molecule has 2 aliphatic heterocycles. The Hall–Kier alpha value is -3.12. The number of anilines is 2. The third kappa shape index (κ3) is 4.24. The number of likely N-dealkylation sites (tertiary alicyclic amines) is 1. The smallest absolute Gasteiger partial charge is 0.216 e. The van der Waals surface area contributed by atoms with Crippen LogP contribution in [0.15, 0.2) is 24.4 Å². The quantitative estimate of drug-likeness (QED) is 0.727. The van der Waals surface area contributed by atoms with Gasteiger partial charge >= 0.3 is 0 Å². The number of nitrogens with zero attached hydrogens (tertiary/aromatic N) is 6. The summed E-state index contributed by atoms with van der Waals surface area (Å²) in [6.07, 6.45) is 6.70. The minimum absolute atomic E-state index is 0.247. The number of piperidine rings is 2. The van der Waals surface area contributed by atoms with Crippen molar-refractivity contribution >= 4 is 16.9 Å². The number of allylic oxidation sites excluding steroid dienone is 1. The zero-order chi connectivity index (χ0) is 21.0. The number of rotatable bonds is 5. The molecule has 9 heteroatoms. The van der Waals surface area contributed by atoms with Crippen molar-refractivity contribution < 1.29 is 4.74 Å². The van der Waals surface area contributed by atoms with E-state index in [2.05, 4.69) is 61.0 Å². The van der Waals surface area contributed by atoms with E-state index in [4.69, 9.17) is 4.74 Å². The molecule has 0 unspecified atom stereocenters. The second kappa shape index (κ2) is 8.71. The molecule has 0 radical (unpaired) electrons. The first kappa shape index (κ1) is 20.2. The lowest BCUT2D eigenvalue weighted by Gasteiger charge is -2.47. The van der Waals surface area contributed by atoms with E-state index in [1.54, 1.807) is 13.3 Å². The third-order valence-electron chi connectivity index (χ3n) is 6.50. The van der Waals surface area contributed by atoms with Crippen molar-refractivity contribution in [3.63, 3.8) is 0 Å². The van der Waals surface area contributed by atoms with Gasteiger partial charge in [-0.3, -0.25) is 0 Å². The Morgan fingerprint density at radius 3 is 2.60 bits per heavy atom. The molecule has 0 atom stereocenters. The highest BCUT2D eigenvalue weighted by molar-refractivity contribution is 5.75. The lowest BCUT2D eigenvalue weighted by molar-refractivity contribution is 0.0945. The van der Waals surface area contributed by atoms with Crippen LogP contribution in [-0.4, -0.2) is 65.9 Å². The number of benzene rings is 1. The molecular formula is C21H28N8O.